The van der Waals surface area contributed by atoms with Crippen molar-refractivity contribution < 1.29 is 26.7 Å². The number of nitrogens with zero attached hydrogens (tertiary/aromatic N) is 1. The molecule has 144 valence electrons. The van der Waals surface area contributed by atoms with Crippen molar-refractivity contribution in [1.29, 1.82) is 0 Å². The lowest BCUT2D eigenvalue weighted by atomic mass is 9.99. The number of halogens is 3. The first kappa shape index (κ1) is 20.0. The lowest BCUT2D eigenvalue weighted by Crippen LogP contribution is -2.43. The van der Waals surface area contributed by atoms with Crippen LogP contribution in [0.5, 0.6) is 0 Å². The van der Waals surface area contributed by atoms with Crippen LogP contribution in [0.4, 0.5) is 13.2 Å². The highest BCUT2D eigenvalue weighted by atomic mass is 32.2. The average molecular weight is 395 g/mol. The fourth-order valence-corrected chi connectivity index (χ4v) is 2.95. The SMILES string of the molecule is CS(=O)(=O)Nn1c(=O)[nH]c2cc(C(F)(F)F)c(CCCCO)cc2c1=O. The van der Waals surface area contributed by atoms with Crippen molar-refractivity contribution in [1.82, 2.24) is 9.66 Å². The first-order valence-electron chi connectivity index (χ1n) is 7.42. The molecular weight excluding hydrogens is 379 g/mol. The Morgan fingerprint density at radius 2 is 1.88 bits per heavy atom. The van der Waals surface area contributed by atoms with Crippen molar-refractivity contribution in [2.45, 2.75) is 25.4 Å². The fraction of sp³-hybridized carbons (Fsp3) is 0.429. The number of H-pyrrole nitrogens is 1. The van der Waals surface area contributed by atoms with E-state index in [-0.39, 0.29) is 47.0 Å². The molecule has 0 amide bonds. The number of aryl methyl sites for hydroxylation is 1. The standard InChI is InChI=1S/C14H16F3N3O5S/c1-26(24,25)19-20-12(22)9-6-8(4-2-3-5-21)10(14(15,16)17)7-11(9)18-13(20)23/h6-7,19,21H,2-5H2,1H3,(H,18,23). The zero-order valence-electron chi connectivity index (χ0n) is 13.6. The molecule has 0 fully saturated rings. The third-order valence-electron chi connectivity index (χ3n) is 3.54. The van der Waals surface area contributed by atoms with Crippen LogP contribution >= 0.6 is 0 Å². The molecule has 0 unspecified atom stereocenters. The molecule has 0 aliphatic rings. The smallest absolute Gasteiger partial charge is 0.396 e. The van der Waals surface area contributed by atoms with Gasteiger partial charge in [-0.1, -0.05) is 0 Å². The summed E-state index contributed by atoms with van der Waals surface area (Å²) in [6.45, 7) is -0.187. The Labute approximate surface area is 145 Å². The van der Waals surface area contributed by atoms with Gasteiger partial charge in [-0.3, -0.25) is 4.79 Å². The average Bonchev–Trinajstić information content (AvgIpc) is 2.50. The molecule has 0 aliphatic carbocycles. The maximum absolute atomic E-state index is 13.3. The summed E-state index contributed by atoms with van der Waals surface area (Å²) < 4.78 is 62.5. The third kappa shape index (κ3) is 4.43. The molecule has 1 heterocycles. The molecule has 2 rings (SSSR count). The zero-order valence-corrected chi connectivity index (χ0v) is 14.4. The number of hydrogen-bond donors (Lipinski definition) is 3. The van der Waals surface area contributed by atoms with E-state index < -0.39 is 33.0 Å². The number of unbranched alkanes of at least 4 members (excludes halogenated alkanes) is 1. The molecule has 1 aromatic heterocycles. The highest BCUT2D eigenvalue weighted by Crippen LogP contribution is 2.34. The summed E-state index contributed by atoms with van der Waals surface area (Å²) in [6, 6.07) is 1.63. The third-order valence-corrected chi connectivity index (χ3v) is 4.05. The second kappa shape index (κ2) is 7.11. The molecule has 12 heteroatoms. The number of sulfonamides is 1. The van der Waals surface area contributed by atoms with E-state index in [4.69, 9.17) is 5.11 Å². The van der Waals surface area contributed by atoms with E-state index in [0.717, 1.165) is 12.3 Å². The normalized spacial score (nSPS) is 12.5. The van der Waals surface area contributed by atoms with Crippen molar-refractivity contribution in [3.05, 3.63) is 44.1 Å². The van der Waals surface area contributed by atoms with Gasteiger partial charge in [0.25, 0.3) is 5.56 Å². The van der Waals surface area contributed by atoms with Gasteiger partial charge in [0, 0.05) is 6.61 Å². The number of fused-ring (bicyclic) bond motifs is 1. The largest absolute Gasteiger partial charge is 0.416 e. The number of hydrogen-bond acceptors (Lipinski definition) is 5. The lowest BCUT2D eigenvalue weighted by molar-refractivity contribution is -0.138. The van der Waals surface area contributed by atoms with Crippen LogP contribution in [0.15, 0.2) is 21.7 Å². The molecule has 0 bridgehead atoms. The van der Waals surface area contributed by atoms with Crippen LogP contribution in [0.1, 0.15) is 24.0 Å². The fourth-order valence-electron chi connectivity index (χ4n) is 2.46. The van der Waals surface area contributed by atoms with Crippen LogP contribution in [0.2, 0.25) is 0 Å². The molecule has 0 saturated carbocycles. The van der Waals surface area contributed by atoms with Gasteiger partial charge < -0.3 is 10.1 Å². The van der Waals surface area contributed by atoms with E-state index in [1.165, 1.54) is 0 Å². The van der Waals surface area contributed by atoms with Gasteiger partial charge in [-0.15, -0.1) is 0 Å². The predicted molar refractivity (Wildman–Crippen MR) is 88.1 cm³/mol. The van der Waals surface area contributed by atoms with Gasteiger partial charge in [-0.05, 0) is 37.0 Å². The highest BCUT2D eigenvalue weighted by molar-refractivity contribution is 7.91. The minimum atomic E-state index is -4.71. The molecule has 0 saturated heterocycles. The van der Waals surface area contributed by atoms with E-state index in [1.807, 2.05) is 0 Å². The summed E-state index contributed by atoms with van der Waals surface area (Å²) in [5.74, 6) is 0. The first-order chi connectivity index (χ1) is 11.9. The Balaban J connectivity index is 2.73. The molecule has 0 atom stereocenters. The van der Waals surface area contributed by atoms with Crippen molar-refractivity contribution >= 4 is 20.9 Å². The van der Waals surface area contributed by atoms with E-state index in [0.29, 0.717) is 6.07 Å². The van der Waals surface area contributed by atoms with Crippen molar-refractivity contribution in [2.75, 3.05) is 17.7 Å². The van der Waals surface area contributed by atoms with Gasteiger partial charge in [0.2, 0.25) is 10.0 Å². The minimum Gasteiger partial charge on any atom is -0.396 e. The lowest BCUT2D eigenvalue weighted by Gasteiger charge is -2.15. The number of aliphatic hydroxyl groups excluding tert-OH is 1. The number of rotatable bonds is 6. The molecule has 26 heavy (non-hydrogen) atoms. The molecular formula is C14H16F3N3O5S. The maximum atomic E-state index is 13.3. The van der Waals surface area contributed by atoms with E-state index in [2.05, 4.69) is 4.98 Å². The van der Waals surface area contributed by atoms with Crippen molar-refractivity contribution in [2.24, 2.45) is 0 Å². The molecule has 0 radical (unpaired) electrons. The molecule has 8 nitrogen and oxygen atoms in total. The highest BCUT2D eigenvalue weighted by Gasteiger charge is 2.34. The van der Waals surface area contributed by atoms with Gasteiger partial charge in [0.1, 0.15) is 0 Å². The predicted octanol–water partition coefficient (Wildman–Crippen LogP) is 0.527. The van der Waals surface area contributed by atoms with Crippen LogP contribution < -0.4 is 16.1 Å². The summed E-state index contributed by atoms with van der Waals surface area (Å²) >= 11 is 0. The zero-order chi connectivity index (χ0) is 19.7. The van der Waals surface area contributed by atoms with E-state index in [1.54, 1.807) is 4.83 Å². The second-order valence-corrected chi connectivity index (χ2v) is 7.39. The van der Waals surface area contributed by atoms with E-state index in [9.17, 15) is 31.2 Å². The van der Waals surface area contributed by atoms with Crippen LogP contribution in [-0.2, 0) is 22.6 Å². The van der Waals surface area contributed by atoms with Crippen molar-refractivity contribution in [3.8, 4) is 0 Å². The molecule has 2 aromatic rings. The Morgan fingerprint density at radius 3 is 2.42 bits per heavy atom. The minimum absolute atomic E-state index is 0.0522. The van der Waals surface area contributed by atoms with Crippen LogP contribution in [-0.4, -0.2) is 36.0 Å². The van der Waals surface area contributed by atoms with Crippen LogP contribution in [0.3, 0.4) is 0 Å². The number of aromatic nitrogens is 2. The van der Waals surface area contributed by atoms with E-state index >= 15 is 0 Å². The van der Waals surface area contributed by atoms with Gasteiger partial charge in [-0.2, -0.15) is 17.8 Å². The summed E-state index contributed by atoms with van der Waals surface area (Å²) in [6.07, 6.45) is -3.51. The summed E-state index contributed by atoms with van der Waals surface area (Å²) in [4.78, 5) is 28.0. The first-order valence-corrected chi connectivity index (χ1v) is 9.31. The van der Waals surface area contributed by atoms with Crippen molar-refractivity contribution in [3.63, 3.8) is 0 Å². The Bertz CT molecular complexity index is 1040. The Morgan fingerprint density at radius 1 is 1.23 bits per heavy atom. The van der Waals surface area contributed by atoms with Crippen LogP contribution in [0.25, 0.3) is 10.9 Å². The molecule has 1 aromatic carbocycles. The second-order valence-electron chi connectivity index (χ2n) is 5.67. The quantitative estimate of drug-likeness (QED) is 0.616. The van der Waals surface area contributed by atoms with Crippen LogP contribution in [0, 0.1) is 0 Å². The summed E-state index contributed by atoms with van der Waals surface area (Å²) in [5, 5.41) is 8.51. The Hall–Kier alpha value is -2.34. The van der Waals surface area contributed by atoms with Gasteiger partial charge >= 0.3 is 11.9 Å². The number of aliphatic hydroxyl groups is 1. The monoisotopic (exact) mass is 395 g/mol. The van der Waals surface area contributed by atoms with Gasteiger partial charge in [0.05, 0.1) is 22.7 Å². The van der Waals surface area contributed by atoms with Gasteiger partial charge in [0.15, 0.2) is 0 Å². The van der Waals surface area contributed by atoms with Gasteiger partial charge in [-0.25, -0.2) is 18.0 Å². The maximum Gasteiger partial charge on any atom is 0.416 e. The summed E-state index contributed by atoms with van der Waals surface area (Å²) in [7, 11) is -3.96. The summed E-state index contributed by atoms with van der Waals surface area (Å²) in [5.41, 5.74) is -3.86. The number of aromatic amines is 1. The topological polar surface area (TPSA) is 121 Å². The molecule has 0 aliphatic heterocycles. The number of alkyl halides is 3. The Kier molecular flexibility index (Phi) is 5.47. The molecule has 0 spiro atoms. The number of nitrogens with one attached hydrogen (secondary N) is 2. The number of benzene rings is 1. The molecule has 3 N–H and O–H groups in total.